The lowest BCUT2D eigenvalue weighted by Crippen LogP contribution is -2.19. The van der Waals surface area contributed by atoms with Gasteiger partial charge in [0.25, 0.3) is 0 Å². The van der Waals surface area contributed by atoms with E-state index in [1.165, 1.54) is 17.4 Å². The van der Waals surface area contributed by atoms with E-state index in [-0.39, 0.29) is 0 Å². The minimum Gasteiger partial charge on any atom is -0.299 e. The molecule has 0 saturated heterocycles. The normalized spacial score (nSPS) is 19.8. The molecule has 1 heterocycles. The molecule has 1 unspecified atom stereocenters. The Balaban J connectivity index is 1.69. The van der Waals surface area contributed by atoms with E-state index in [9.17, 15) is 4.79 Å². The maximum Gasteiger partial charge on any atom is 0.135 e. The highest BCUT2D eigenvalue weighted by molar-refractivity contribution is 5.81. The highest BCUT2D eigenvalue weighted by Crippen LogP contribution is 2.25. The monoisotopic (exact) mass is 253 g/mol. The van der Waals surface area contributed by atoms with Crippen LogP contribution < -0.4 is 0 Å². The summed E-state index contributed by atoms with van der Waals surface area (Å²) >= 11 is 0. The Morgan fingerprint density at radius 1 is 1.21 bits per heavy atom. The van der Waals surface area contributed by atoms with Gasteiger partial charge in [-0.25, -0.2) is 0 Å². The van der Waals surface area contributed by atoms with E-state index in [1.807, 2.05) is 12.3 Å². The van der Waals surface area contributed by atoms with Crippen LogP contribution in [0.25, 0.3) is 10.9 Å². The van der Waals surface area contributed by atoms with Crippen LogP contribution in [0.2, 0.25) is 0 Å². The zero-order chi connectivity index (χ0) is 13.1. The molecule has 0 bridgehead atoms. The van der Waals surface area contributed by atoms with Crippen molar-refractivity contribution in [3.8, 4) is 0 Å². The first-order valence-electron chi connectivity index (χ1n) is 7.19. The van der Waals surface area contributed by atoms with E-state index in [0.29, 0.717) is 11.7 Å². The molecule has 1 fully saturated rings. The van der Waals surface area contributed by atoms with Gasteiger partial charge in [-0.05, 0) is 49.4 Å². The third-order valence-electron chi connectivity index (χ3n) is 4.13. The van der Waals surface area contributed by atoms with Crippen LogP contribution >= 0.6 is 0 Å². The van der Waals surface area contributed by atoms with Gasteiger partial charge in [0, 0.05) is 23.9 Å². The van der Waals surface area contributed by atoms with E-state index in [2.05, 4.69) is 29.2 Å². The SMILES string of the molecule is O=C1CCCCC1CCc1ccc2ncccc2c1. The molecular formula is C17H19NO. The van der Waals surface area contributed by atoms with Crippen molar-refractivity contribution in [2.24, 2.45) is 5.92 Å². The lowest BCUT2D eigenvalue weighted by Gasteiger charge is -2.20. The molecule has 0 aliphatic heterocycles. The first kappa shape index (κ1) is 12.3. The zero-order valence-corrected chi connectivity index (χ0v) is 11.1. The average molecular weight is 253 g/mol. The Labute approximate surface area is 113 Å². The summed E-state index contributed by atoms with van der Waals surface area (Å²) in [5.74, 6) is 0.784. The number of benzene rings is 1. The number of aryl methyl sites for hydroxylation is 1. The number of carbonyl (C=O) groups is 1. The molecular weight excluding hydrogens is 234 g/mol. The summed E-state index contributed by atoms with van der Waals surface area (Å²) in [5.41, 5.74) is 2.36. The molecule has 1 saturated carbocycles. The molecule has 2 nitrogen and oxygen atoms in total. The standard InChI is InChI=1S/C17H19NO/c19-17-6-2-1-4-14(17)9-7-13-8-10-16-15(12-13)5-3-11-18-16/h3,5,8,10-12,14H,1-2,4,6-7,9H2. The summed E-state index contributed by atoms with van der Waals surface area (Å²) in [6.45, 7) is 0. The van der Waals surface area contributed by atoms with Crippen LogP contribution in [-0.4, -0.2) is 10.8 Å². The first-order valence-corrected chi connectivity index (χ1v) is 7.19. The zero-order valence-electron chi connectivity index (χ0n) is 11.1. The summed E-state index contributed by atoms with van der Waals surface area (Å²) in [6, 6.07) is 10.5. The van der Waals surface area contributed by atoms with Gasteiger partial charge < -0.3 is 0 Å². The Morgan fingerprint density at radius 2 is 2.16 bits per heavy atom. The van der Waals surface area contributed by atoms with Crippen molar-refractivity contribution in [1.29, 1.82) is 0 Å². The van der Waals surface area contributed by atoms with Gasteiger partial charge in [0.2, 0.25) is 0 Å². The molecule has 1 aliphatic carbocycles. The lowest BCUT2D eigenvalue weighted by molar-refractivity contribution is -0.124. The van der Waals surface area contributed by atoms with Crippen molar-refractivity contribution >= 4 is 16.7 Å². The van der Waals surface area contributed by atoms with Gasteiger partial charge in [0.15, 0.2) is 0 Å². The molecule has 1 aromatic carbocycles. The fourth-order valence-electron chi connectivity index (χ4n) is 2.98. The molecule has 3 rings (SSSR count). The van der Waals surface area contributed by atoms with Crippen LogP contribution in [0.5, 0.6) is 0 Å². The summed E-state index contributed by atoms with van der Waals surface area (Å²) < 4.78 is 0. The lowest BCUT2D eigenvalue weighted by atomic mass is 9.84. The van der Waals surface area contributed by atoms with Crippen molar-refractivity contribution in [1.82, 2.24) is 4.98 Å². The van der Waals surface area contributed by atoms with Gasteiger partial charge >= 0.3 is 0 Å². The van der Waals surface area contributed by atoms with Crippen LogP contribution in [-0.2, 0) is 11.2 Å². The Morgan fingerprint density at radius 3 is 3.05 bits per heavy atom. The minimum absolute atomic E-state index is 0.304. The van der Waals surface area contributed by atoms with Gasteiger partial charge in [0.1, 0.15) is 5.78 Å². The van der Waals surface area contributed by atoms with Crippen molar-refractivity contribution in [2.75, 3.05) is 0 Å². The number of hydrogen-bond donors (Lipinski definition) is 0. The Hall–Kier alpha value is -1.70. The maximum atomic E-state index is 11.8. The molecule has 1 atom stereocenters. The van der Waals surface area contributed by atoms with Gasteiger partial charge in [-0.1, -0.05) is 18.6 Å². The van der Waals surface area contributed by atoms with Gasteiger partial charge in [-0.15, -0.1) is 0 Å². The number of rotatable bonds is 3. The quantitative estimate of drug-likeness (QED) is 0.829. The van der Waals surface area contributed by atoms with Gasteiger partial charge in [0.05, 0.1) is 5.52 Å². The van der Waals surface area contributed by atoms with E-state index in [4.69, 9.17) is 0 Å². The number of hydrogen-bond acceptors (Lipinski definition) is 2. The fourth-order valence-corrected chi connectivity index (χ4v) is 2.98. The van der Waals surface area contributed by atoms with Crippen molar-refractivity contribution in [2.45, 2.75) is 38.5 Å². The first-order chi connectivity index (χ1) is 9.33. The molecule has 1 aliphatic rings. The Bertz CT molecular complexity index is 591. The van der Waals surface area contributed by atoms with E-state index in [1.54, 1.807) is 0 Å². The predicted octanol–water partition coefficient (Wildman–Crippen LogP) is 3.93. The topological polar surface area (TPSA) is 30.0 Å². The molecule has 19 heavy (non-hydrogen) atoms. The second-order valence-corrected chi connectivity index (χ2v) is 5.48. The number of nitrogens with zero attached hydrogens (tertiary/aromatic N) is 1. The molecule has 2 aromatic rings. The summed E-state index contributed by atoms with van der Waals surface area (Å²) in [6.07, 6.45) is 8.03. The van der Waals surface area contributed by atoms with Crippen LogP contribution in [0.4, 0.5) is 0 Å². The smallest absolute Gasteiger partial charge is 0.135 e. The summed E-state index contributed by atoms with van der Waals surface area (Å²) in [4.78, 5) is 16.1. The highest BCUT2D eigenvalue weighted by Gasteiger charge is 2.21. The molecule has 0 spiro atoms. The average Bonchev–Trinajstić information content (AvgIpc) is 2.46. The summed E-state index contributed by atoms with van der Waals surface area (Å²) in [5, 5.41) is 1.19. The minimum atomic E-state index is 0.304. The van der Waals surface area contributed by atoms with Crippen molar-refractivity contribution in [3.63, 3.8) is 0 Å². The molecule has 0 N–H and O–H groups in total. The molecule has 0 amide bonds. The van der Waals surface area contributed by atoms with Gasteiger partial charge in [-0.2, -0.15) is 0 Å². The van der Waals surface area contributed by atoms with Crippen LogP contribution in [0.15, 0.2) is 36.5 Å². The van der Waals surface area contributed by atoms with Crippen LogP contribution in [0.1, 0.15) is 37.7 Å². The molecule has 1 aromatic heterocycles. The van der Waals surface area contributed by atoms with Crippen LogP contribution in [0.3, 0.4) is 0 Å². The largest absolute Gasteiger partial charge is 0.299 e. The van der Waals surface area contributed by atoms with Crippen molar-refractivity contribution in [3.05, 3.63) is 42.1 Å². The second-order valence-electron chi connectivity index (χ2n) is 5.48. The van der Waals surface area contributed by atoms with E-state index in [0.717, 1.165) is 37.6 Å². The Kier molecular flexibility index (Phi) is 3.58. The van der Waals surface area contributed by atoms with E-state index >= 15 is 0 Å². The third-order valence-corrected chi connectivity index (χ3v) is 4.13. The second kappa shape index (κ2) is 5.52. The third kappa shape index (κ3) is 2.83. The van der Waals surface area contributed by atoms with E-state index < -0.39 is 0 Å². The van der Waals surface area contributed by atoms with Crippen molar-refractivity contribution < 1.29 is 4.79 Å². The number of ketones is 1. The number of fused-ring (bicyclic) bond motifs is 1. The molecule has 98 valence electrons. The molecule has 0 radical (unpaired) electrons. The summed E-state index contributed by atoms with van der Waals surface area (Å²) in [7, 11) is 0. The maximum absolute atomic E-state index is 11.8. The number of Topliss-reactive ketones (excluding diaryl/α,β-unsaturated/α-hetero) is 1. The highest BCUT2D eigenvalue weighted by atomic mass is 16.1. The predicted molar refractivity (Wildman–Crippen MR) is 77.0 cm³/mol. The number of aromatic nitrogens is 1. The van der Waals surface area contributed by atoms with Gasteiger partial charge in [-0.3, -0.25) is 9.78 Å². The molecule has 2 heteroatoms. The fraction of sp³-hybridized carbons (Fsp3) is 0.412. The van der Waals surface area contributed by atoms with Crippen LogP contribution in [0, 0.1) is 5.92 Å². The number of carbonyl (C=O) groups excluding carboxylic acids is 1. The number of pyridine rings is 1.